The number of hydrogen-bond acceptors (Lipinski definition) is 4. The first kappa shape index (κ1) is 20.2. The Labute approximate surface area is 190 Å². The second kappa shape index (κ2) is 9.20. The van der Waals surface area contributed by atoms with Crippen LogP contribution in [0.1, 0.15) is 22.4 Å². The van der Waals surface area contributed by atoms with E-state index in [1.807, 2.05) is 71.5 Å². The number of aryl methyl sites for hydroxylation is 1. The minimum absolute atomic E-state index is 0.262. The van der Waals surface area contributed by atoms with Gasteiger partial charge in [-0.05, 0) is 60.0 Å². The third-order valence-electron chi connectivity index (χ3n) is 5.40. The molecule has 2 heterocycles. The van der Waals surface area contributed by atoms with Crippen LogP contribution < -0.4 is 15.4 Å². The maximum atomic E-state index is 11.1. The van der Waals surface area contributed by atoms with Crippen LogP contribution in [-0.2, 0) is 13.0 Å². The van der Waals surface area contributed by atoms with Gasteiger partial charge in [0.25, 0.3) is 0 Å². The molecule has 1 aromatic heterocycles. The van der Waals surface area contributed by atoms with E-state index in [0.717, 1.165) is 44.3 Å². The molecule has 5 rings (SSSR count). The van der Waals surface area contributed by atoms with Gasteiger partial charge in [0.1, 0.15) is 0 Å². The molecule has 4 aromatic rings. The number of hydrogen-bond donors (Lipinski definition) is 1. The van der Waals surface area contributed by atoms with Crippen LogP contribution in [0.15, 0.2) is 95.0 Å². The van der Waals surface area contributed by atoms with Gasteiger partial charge in [-0.3, -0.25) is 9.56 Å². The van der Waals surface area contributed by atoms with E-state index in [1.165, 1.54) is 16.9 Å². The van der Waals surface area contributed by atoms with Gasteiger partial charge in [0, 0.05) is 18.3 Å². The Morgan fingerprint density at radius 2 is 1.75 bits per heavy atom. The van der Waals surface area contributed by atoms with Crippen molar-refractivity contribution in [3.63, 3.8) is 0 Å². The number of aromatic nitrogens is 1. The molecule has 3 aromatic carbocycles. The zero-order chi connectivity index (χ0) is 21.8. The highest BCUT2D eigenvalue weighted by atomic mass is 32.1. The summed E-state index contributed by atoms with van der Waals surface area (Å²) in [4.78, 5) is 10.8. The fourth-order valence-electron chi connectivity index (χ4n) is 3.76. The zero-order valence-electron chi connectivity index (χ0n) is 17.6. The zero-order valence-corrected chi connectivity index (χ0v) is 18.4. The molecule has 0 saturated heterocycles. The van der Waals surface area contributed by atoms with Crippen LogP contribution in [0.5, 0.6) is 5.88 Å². The molecular weight excluding hydrogens is 414 g/mol. The lowest BCUT2D eigenvalue weighted by molar-refractivity contribution is 0.407. The summed E-state index contributed by atoms with van der Waals surface area (Å²) in [5.41, 5.74) is 3.27. The summed E-state index contributed by atoms with van der Waals surface area (Å²) in [6.07, 6.45) is 7.70. The van der Waals surface area contributed by atoms with Crippen molar-refractivity contribution < 1.29 is 5.11 Å². The molecule has 0 atom stereocenters. The summed E-state index contributed by atoms with van der Waals surface area (Å²) in [6.45, 7) is 0.697. The maximum Gasteiger partial charge on any atom is 0.211 e. The molecule has 0 aliphatic carbocycles. The Bertz CT molecular complexity index is 1450. The van der Waals surface area contributed by atoms with E-state index >= 15 is 0 Å². The van der Waals surface area contributed by atoms with Gasteiger partial charge in [0.05, 0.1) is 15.9 Å². The van der Waals surface area contributed by atoms with Crippen LogP contribution in [0.3, 0.4) is 0 Å². The lowest BCUT2D eigenvalue weighted by atomic mass is 10.1. The minimum Gasteiger partial charge on any atom is -0.493 e. The van der Waals surface area contributed by atoms with Gasteiger partial charge >= 0.3 is 0 Å². The van der Waals surface area contributed by atoms with Crippen molar-refractivity contribution in [3.8, 4) is 5.88 Å². The lowest BCUT2D eigenvalue weighted by Crippen LogP contribution is -2.14. The second-order valence-corrected chi connectivity index (χ2v) is 8.68. The first-order valence-corrected chi connectivity index (χ1v) is 11.5. The number of para-hydroxylation sites is 1. The van der Waals surface area contributed by atoms with Gasteiger partial charge in [0.2, 0.25) is 5.88 Å². The summed E-state index contributed by atoms with van der Waals surface area (Å²) in [5.74, 6) is 0.262. The van der Waals surface area contributed by atoms with Crippen LogP contribution in [0.4, 0.5) is 5.69 Å². The molecule has 32 heavy (non-hydrogen) atoms. The fraction of sp³-hybridized carbons (Fsp3) is 0.111. The molecule has 4 nitrogen and oxygen atoms in total. The highest BCUT2D eigenvalue weighted by molar-refractivity contribution is 7.10. The standard InChI is InChI=1S/C27H23N3OS/c31-26-25(19-21-13-14-24-22(18-21)15-16-28-24)32-27(29-23-11-5-2-6-12-23)30(26)17-7-10-20-8-3-1-4-9-20/h1-6,8-9,11-16,18-19,31H,7,10,17H2. The van der Waals surface area contributed by atoms with Crippen molar-refractivity contribution >= 4 is 29.2 Å². The van der Waals surface area contributed by atoms with Crippen molar-refractivity contribution in [2.24, 2.45) is 9.98 Å². The molecule has 1 aliphatic rings. The maximum absolute atomic E-state index is 11.1. The van der Waals surface area contributed by atoms with Crippen LogP contribution in [-0.4, -0.2) is 9.67 Å². The number of thiazole rings is 1. The van der Waals surface area contributed by atoms with E-state index in [2.05, 4.69) is 35.3 Å². The largest absolute Gasteiger partial charge is 0.493 e. The van der Waals surface area contributed by atoms with Crippen LogP contribution in [0.25, 0.3) is 12.2 Å². The molecule has 1 aliphatic heterocycles. The molecule has 1 N–H and O–H groups in total. The van der Waals surface area contributed by atoms with Crippen LogP contribution in [0.2, 0.25) is 0 Å². The number of rotatable bonds is 6. The summed E-state index contributed by atoms with van der Waals surface area (Å²) >= 11 is 1.50. The topological polar surface area (TPSA) is 49.9 Å². The van der Waals surface area contributed by atoms with E-state index in [0.29, 0.717) is 6.54 Å². The molecule has 0 unspecified atom stereocenters. The molecular formula is C27H23N3OS. The van der Waals surface area contributed by atoms with Crippen LogP contribution >= 0.6 is 11.3 Å². The third kappa shape index (κ3) is 4.48. The predicted octanol–water partition coefficient (Wildman–Crippen LogP) is 4.55. The van der Waals surface area contributed by atoms with Gasteiger partial charge in [-0.2, -0.15) is 0 Å². The molecule has 0 amide bonds. The molecule has 0 saturated carbocycles. The van der Waals surface area contributed by atoms with Crippen molar-refractivity contribution in [2.75, 3.05) is 0 Å². The first-order valence-electron chi connectivity index (χ1n) is 10.7. The highest BCUT2D eigenvalue weighted by Gasteiger charge is 2.11. The van der Waals surface area contributed by atoms with Crippen molar-refractivity contribution in [2.45, 2.75) is 19.4 Å². The monoisotopic (exact) mass is 437 g/mol. The van der Waals surface area contributed by atoms with Crippen molar-refractivity contribution in [1.82, 2.24) is 4.57 Å². The van der Waals surface area contributed by atoms with Gasteiger partial charge in [-0.25, -0.2) is 4.99 Å². The normalized spacial score (nSPS) is 13.4. The number of aromatic hydroxyl groups is 1. The number of benzene rings is 3. The fourth-order valence-corrected chi connectivity index (χ4v) is 4.80. The molecule has 0 spiro atoms. The SMILES string of the molecule is Oc1c(C=c2ccc3c(c2)C=CN=3)sc(=Nc2ccccc2)n1CCCc1ccccc1. The summed E-state index contributed by atoms with van der Waals surface area (Å²) in [7, 11) is 0. The quantitative estimate of drug-likeness (QED) is 0.473. The van der Waals surface area contributed by atoms with Crippen LogP contribution in [0, 0.1) is 0 Å². The number of nitrogens with zero attached hydrogens (tertiary/aromatic N) is 3. The number of fused-ring (bicyclic) bond motifs is 1. The smallest absolute Gasteiger partial charge is 0.211 e. The van der Waals surface area contributed by atoms with Gasteiger partial charge in [-0.15, -0.1) is 0 Å². The van der Waals surface area contributed by atoms with Gasteiger partial charge in [-0.1, -0.05) is 65.9 Å². The molecule has 0 fully saturated rings. The Kier molecular flexibility index (Phi) is 5.81. The summed E-state index contributed by atoms with van der Waals surface area (Å²) in [6, 6.07) is 26.5. The first-order chi connectivity index (χ1) is 15.8. The lowest BCUT2D eigenvalue weighted by Gasteiger charge is -2.06. The van der Waals surface area contributed by atoms with Crippen molar-refractivity contribution in [3.05, 3.63) is 116 Å². The Morgan fingerprint density at radius 1 is 0.969 bits per heavy atom. The molecule has 158 valence electrons. The summed E-state index contributed by atoms with van der Waals surface area (Å²) in [5, 5.41) is 13.1. The minimum atomic E-state index is 0.262. The average molecular weight is 438 g/mol. The average Bonchev–Trinajstić information content (AvgIpc) is 3.40. The van der Waals surface area contributed by atoms with E-state index in [1.54, 1.807) is 0 Å². The van der Waals surface area contributed by atoms with E-state index in [-0.39, 0.29) is 5.88 Å². The van der Waals surface area contributed by atoms with Crippen molar-refractivity contribution in [1.29, 1.82) is 0 Å². The van der Waals surface area contributed by atoms with Gasteiger partial charge < -0.3 is 5.11 Å². The van der Waals surface area contributed by atoms with E-state index in [4.69, 9.17) is 4.99 Å². The summed E-state index contributed by atoms with van der Waals surface area (Å²) < 4.78 is 1.93. The third-order valence-corrected chi connectivity index (χ3v) is 6.41. The highest BCUT2D eigenvalue weighted by Crippen LogP contribution is 2.23. The van der Waals surface area contributed by atoms with E-state index in [9.17, 15) is 5.11 Å². The molecule has 5 heteroatoms. The Morgan fingerprint density at radius 3 is 2.56 bits per heavy atom. The molecule has 0 bridgehead atoms. The van der Waals surface area contributed by atoms with Gasteiger partial charge in [0.15, 0.2) is 4.80 Å². The predicted molar refractivity (Wildman–Crippen MR) is 130 cm³/mol. The Balaban J connectivity index is 1.51. The van der Waals surface area contributed by atoms with E-state index < -0.39 is 0 Å². The second-order valence-electron chi connectivity index (χ2n) is 7.67. The molecule has 0 radical (unpaired) electrons. The Hall–Kier alpha value is -3.70.